The molecule has 3 heteroatoms. The Morgan fingerprint density at radius 3 is 3.06 bits per heavy atom. The molecule has 0 saturated carbocycles. The van der Waals surface area contributed by atoms with Gasteiger partial charge in [-0.25, -0.2) is 0 Å². The topological polar surface area (TPSA) is 30.5 Å². The van der Waals surface area contributed by atoms with Crippen LogP contribution in [-0.2, 0) is 9.47 Å². The highest BCUT2D eigenvalue weighted by atomic mass is 16.7. The second-order valence-electron chi connectivity index (χ2n) is 5.55. The fourth-order valence-electron chi connectivity index (χ4n) is 2.54. The lowest BCUT2D eigenvalue weighted by molar-refractivity contribution is -0.177. The van der Waals surface area contributed by atoms with Gasteiger partial charge in [0.05, 0.1) is 6.61 Å². The fourth-order valence-corrected chi connectivity index (χ4v) is 2.54. The number of nitrogens with one attached hydrogen (secondary N) is 1. The number of rotatable bonds is 3. The van der Waals surface area contributed by atoms with Gasteiger partial charge >= 0.3 is 0 Å². The zero-order valence-corrected chi connectivity index (χ0v) is 10.5. The molecule has 2 aliphatic heterocycles. The lowest BCUT2D eigenvalue weighted by Crippen LogP contribution is -2.36. The monoisotopic (exact) mass is 227 g/mol. The first-order valence-corrected chi connectivity index (χ1v) is 6.72. The molecule has 2 aliphatic rings. The van der Waals surface area contributed by atoms with E-state index in [1.165, 1.54) is 32.1 Å². The second-order valence-corrected chi connectivity index (χ2v) is 5.55. The Bertz CT molecular complexity index is 194. The molecule has 3 nitrogen and oxygen atoms in total. The summed E-state index contributed by atoms with van der Waals surface area (Å²) < 4.78 is 11.5. The van der Waals surface area contributed by atoms with Crippen molar-refractivity contribution in [3.8, 4) is 0 Å². The third-order valence-corrected chi connectivity index (χ3v) is 3.69. The molecule has 2 atom stereocenters. The van der Waals surface area contributed by atoms with Gasteiger partial charge < -0.3 is 14.8 Å². The van der Waals surface area contributed by atoms with E-state index in [2.05, 4.69) is 12.2 Å². The molecule has 0 aromatic rings. The van der Waals surface area contributed by atoms with E-state index in [1.54, 1.807) is 0 Å². The maximum atomic E-state index is 5.92. The van der Waals surface area contributed by atoms with Gasteiger partial charge in [0, 0.05) is 18.6 Å². The van der Waals surface area contributed by atoms with E-state index in [-0.39, 0.29) is 6.29 Å². The second kappa shape index (κ2) is 5.99. The van der Waals surface area contributed by atoms with Gasteiger partial charge in [0.25, 0.3) is 0 Å². The van der Waals surface area contributed by atoms with E-state index in [4.69, 9.17) is 9.47 Å². The van der Waals surface area contributed by atoms with Crippen LogP contribution in [0.2, 0.25) is 0 Å². The average Bonchev–Trinajstić information content (AvgIpc) is 2.54. The van der Waals surface area contributed by atoms with Gasteiger partial charge in [-0.3, -0.25) is 0 Å². The smallest absolute Gasteiger partial charge is 0.157 e. The minimum absolute atomic E-state index is 0.0637. The highest BCUT2D eigenvalue weighted by Crippen LogP contribution is 2.27. The highest BCUT2D eigenvalue weighted by Gasteiger charge is 2.27. The summed E-state index contributed by atoms with van der Waals surface area (Å²) in [5.41, 5.74) is 0.303. The van der Waals surface area contributed by atoms with Crippen molar-refractivity contribution in [1.82, 2.24) is 5.32 Å². The van der Waals surface area contributed by atoms with E-state index in [9.17, 15) is 0 Å². The third-order valence-electron chi connectivity index (χ3n) is 3.69. The number of ether oxygens (including phenoxy) is 2. The predicted molar refractivity (Wildman–Crippen MR) is 64.4 cm³/mol. The normalized spacial score (nSPS) is 36.9. The first-order valence-electron chi connectivity index (χ1n) is 6.72. The molecule has 2 unspecified atom stereocenters. The Balaban J connectivity index is 1.73. The molecule has 0 spiro atoms. The Morgan fingerprint density at radius 2 is 2.25 bits per heavy atom. The molecule has 0 aliphatic carbocycles. The minimum atomic E-state index is 0.0637. The number of hydrogen-bond acceptors (Lipinski definition) is 3. The van der Waals surface area contributed by atoms with Crippen molar-refractivity contribution in [2.24, 2.45) is 5.41 Å². The fraction of sp³-hybridized carbons (Fsp3) is 1.00. The molecular weight excluding hydrogens is 202 g/mol. The van der Waals surface area contributed by atoms with Crippen molar-refractivity contribution in [2.45, 2.75) is 51.7 Å². The van der Waals surface area contributed by atoms with Gasteiger partial charge in [-0.05, 0) is 38.6 Å². The van der Waals surface area contributed by atoms with Crippen LogP contribution < -0.4 is 5.32 Å². The van der Waals surface area contributed by atoms with Crippen molar-refractivity contribution in [3.63, 3.8) is 0 Å². The van der Waals surface area contributed by atoms with Crippen molar-refractivity contribution in [1.29, 1.82) is 0 Å². The van der Waals surface area contributed by atoms with Gasteiger partial charge in [-0.2, -0.15) is 0 Å². The summed E-state index contributed by atoms with van der Waals surface area (Å²) in [6.45, 7) is 6.29. The van der Waals surface area contributed by atoms with Crippen LogP contribution in [0, 0.1) is 5.41 Å². The lowest BCUT2D eigenvalue weighted by Gasteiger charge is -2.31. The summed E-state index contributed by atoms with van der Waals surface area (Å²) >= 11 is 0. The molecule has 16 heavy (non-hydrogen) atoms. The van der Waals surface area contributed by atoms with Gasteiger partial charge in [-0.15, -0.1) is 0 Å². The quantitative estimate of drug-likeness (QED) is 0.802. The van der Waals surface area contributed by atoms with Gasteiger partial charge in [0.15, 0.2) is 6.29 Å². The molecule has 94 valence electrons. The molecule has 2 heterocycles. The maximum Gasteiger partial charge on any atom is 0.157 e. The van der Waals surface area contributed by atoms with Gasteiger partial charge in [0.2, 0.25) is 0 Å². The van der Waals surface area contributed by atoms with E-state index in [1.807, 2.05) is 0 Å². The lowest BCUT2D eigenvalue weighted by atomic mass is 9.87. The maximum absolute atomic E-state index is 5.92. The molecule has 0 bridgehead atoms. The van der Waals surface area contributed by atoms with Crippen LogP contribution in [0.1, 0.15) is 45.4 Å². The van der Waals surface area contributed by atoms with Crippen LogP contribution in [0.5, 0.6) is 0 Å². The van der Waals surface area contributed by atoms with E-state index >= 15 is 0 Å². The van der Waals surface area contributed by atoms with Gasteiger partial charge in [-0.1, -0.05) is 13.3 Å². The summed E-state index contributed by atoms with van der Waals surface area (Å²) in [5, 5.41) is 3.50. The summed E-state index contributed by atoms with van der Waals surface area (Å²) in [6.07, 6.45) is 7.47. The van der Waals surface area contributed by atoms with E-state index in [0.29, 0.717) is 5.41 Å². The Kier molecular flexibility index (Phi) is 4.62. The van der Waals surface area contributed by atoms with Crippen LogP contribution in [0.25, 0.3) is 0 Å². The van der Waals surface area contributed by atoms with Crippen LogP contribution in [0.4, 0.5) is 0 Å². The summed E-state index contributed by atoms with van der Waals surface area (Å²) in [6, 6.07) is 0. The molecule has 2 rings (SSSR count). The van der Waals surface area contributed by atoms with Gasteiger partial charge in [0.1, 0.15) is 0 Å². The van der Waals surface area contributed by atoms with Crippen molar-refractivity contribution >= 4 is 0 Å². The average molecular weight is 227 g/mol. The van der Waals surface area contributed by atoms with Crippen molar-refractivity contribution in [3.05, 3.63) is 0 Å². The molecule has 0 aromatic carbocycles. The molecule has 1 N–H and O–H groups in total. The first kappa shape index (κ1) is 12.3. The Morgan fingerprint density at radius 1 is 1.31 bits per heavy atom. The SMILES string of the molecule is CC1(COC2CCCCO2)CCCCNC1. The third kappa shape index (κ3) is 3.72. The Labute approximate surface area is 98.9 Å². The molecule has 2 saturated heterocycles. The zero-order valence-electron chi connectivity index (χ0n) is 10.5. The van der Waals surface area contributed by atoms with Crippen LogP contribution >= 0.6 is 0 Å². The minimum Gasteiger partial charge on any atom is -0.353 e. The molecule has 0 aromatic heterocycles. The van der Waals surface area contributed by atoms with E-state index < -0.39 is 0 Å². The zero-order chi connectivity index (χ0) is 11.3. The predicted octanol–water partition coefficient (Wildman–Crippen LogP) is 2.31. The molecule has 2 fully saturated rings. The molecular formula is C13H25NO2. The summed E-state index contributed by atoms with van der Waals surface area (Å²) in [5.74, 6) is 0. The standard InChI is InChI=1S/C13H25NO2/c1-13(7-3-4-8-14-10-13)11-16-12-6-2-5-9-15-12/h12,14H,2-11H2,1H3. The molecule has 0 radical (unpaired) electrons. The van der Waals surface area contributed by atoms with Crippen LogP contribution in [0.15, 0.2) is 0 Å². The Hall–Kier alpha value is -0.120. The van der Waals surface area contributed by atoms with Crippen LogP contribution in [0.3, 0.4) is 0 Å². The van der Waals surface area contributed by atoms with Crippen molar-refractivity contribution < 1.29 is 9.47 Å². The number of hydrogen-bond donors (Lipinski definition) is 1. The summed E-state index contributed by atoms with van der Waals surface area (Å²) in [4.78, 5) is 0. The van der Waals surface area contributed by atoms with Crippen molar-refractivity contribution in [2.75, 3.05) is 26.3 Å². The highest BCUT2D eigenvalue weighted by molar-refractivity contribution is 4.79. The van der Waals surface area contributed by atoms with Crippen LogP contribution in [-0.4, -0.2) is 32.6 Å². The first-order chi connectivity index (χ1) is 7.79. The van der Waals surface area contributed by atoms with E-state index in [0.717, 1.165) is 32.7 Å². The molecule has 0 amide bonds. The largest absolute Gasteiger partial charge is 0.353 e. The summed E-state index contributed by atoms with van der Waals surface area (Å²) in [7, 11) is 0.